The normalized spacial score (nSPS) is 11.0. The second kappa shape index (κ2) is 6.75. The Morgan fingerprint density at radius 3 is 2.82 bits per heavy atom. The van der Waals surface area contributed by atoms with Crippen LogP contribution in [0.25, 0.3) is 0 Å². The molecule has 0 spiro atoms. The van der Waals surface area contributed by atoms with Crippen LogP contribution in [0.1, 0.15) is 11.1 Å². The SMILES string of the molecule is COCc1ccccc1S(=O)(=O)Nc1cc(C#N)c(Cl)cn1. The van der Waals surface area contributed by atoms with E-state index in [0.717, 1.165) is 0 Å². The Bertz CT molecular complexity index is 831. The molecule has 0 aliphatic carbocycles. The Balaban J connectivity index is 2.39. The number of anilines is 1. The first-order valence-corrected chi connectivity index (χ1v) is 7.99. The highest BCUT2D eigenvalue weighted by molar-refractivity contribution is 7.92. The van der Waals surface area contributed by atoms with Gasteiger partial charge in [0.05, 0.1) is 22.1 Å². The molecule has 1 aromatic carbocycles. The first-order valence-electron chi connectivity index (χ1n) is 6.13. The van der Waals surface area contributed by atoms with Gasteiger partial charge in [0, 0.05) is 19.4 Å². The van der Waals surface area contributed by atoms with Crippen LogP contribution in [0, 0.1) is 11.3 Å². The maximum atomic E-state index is 12.5. The molecular weight excluding hydrogens is 326 g/mol. The van der Waals surface area contributed by atoms with E-state index in [4.69, 9.17) is 21.6 Å². The van der Waals surface area contributed by atoms with Crippen molar-refractivity contribution >= 4 is 27.4 Å². The molecule has 22 heavy (non-hydrogen) atoms. The van der Waals surface area contributed by atoms with E-state index in [9.17, 15) is 8.42 Å². The predicted molar refractivity (Wildman–Crippen MR) is 81.9 cm³/mol. The summed E-state index contributed by atoms with van der Waals surface area (Å²) < 4.78 is 32.2. The van der Waals surface area contributed by atoms with Crippen molar-refractivity contribution in [1.82, 2.24) is 4.98 Å². The monoisotopic (exact) mass is 337 g/mol. The number of sulfonamides is 1. The molecule has 0 saturated carbocycles. The van der Waals surface area contributed by atoms with Crippen LogP contribution in [0.5, 0.6) is 0 Å². The average molecular weight is 338 g/mol. The number of aromatic nitrogens is 1. The lowest BCUT2D eigenvalue weighted by atomic mass is 10.2. The van der Waals surface area contributed by atoms with E-state index in [0.29, 0.717) is 5.56 Å². The molecule has 0 bridgehead atoms. The van der Waals surface area contributed by atoms with E-state index in [1.807, 2.05) is 6.07 Å². The minimum atomic E-state index is -3.85. The predicted octanol–water partition coefficient (Wildman–Crippen LogP) is 2.55. The average Bonchev–Trinajstić information content (AvgIpc) is 2.50. The van der Waals surface area contributed by atoms with Crippen molar-refractivity contribution in [3.63, 3.8) is 0 Å². The van der Waals surface area contributed by atoms with Gasteiger partial charge in [-0.1, -0.05) is 29.8 Å². The van der Waals surface area contributed by atoms with Crippen LogP contribution in [-0.2, 0) is 21.4 Å². The van der Waals surface area contributed by atoms with Crippen molar-refractivity contribution in [2.24, 2.45) is 0 Å². The zero-order chi connectivity index (χ0) is 16.2. The zero-order valence-corrected chi connectivity index (χ0v) is 13.1. The Labute approximate surface area is 133 Å². The minimum absolute atomic E-state index is 0.0215. The standard InChI is InChI=1S/C14H12ClN3O3S/c1-21-9-10-4-2-3-5-13(10)22(19,20)18-14-6-11(7-16)12(15)8-17-14/h2-6,8H,9H2,1H3,(H,17,18). The van der Waals surface area contributed by atoms with Crippen LogP contribution >= 0.6 is 11.6 Å². The Morgan fingerprint density at radius 1 is 1.41 bits per heavy atom. The van der Waals surface area contributed by atoms with Crippen molar-refractivity contribution in [1.29, 1.82) is 5.26 Å². The molecule has 0 aliphatic heterocycles. The summed E-state index contributed by atoms with van der Waals surface area (Å²) in [6.07, 6.45) is 1.22. The molecule has 0 fully saturated rings. The topological polar surface area (TPSA) is 92.1 Å². The number of pyridine rings is 1. The van der Waals surface area contributed by atoms with Gasteiger partial charge in [0.15, 0.2) is 0 Å². The molecule has 1 heterocycles. The number of benzene rings is 1. The molecule has 0 saturated heterocycles. The molecule has 0 atom stereocenters. The highest BCUT2D eigenvalue weighted by atomic mass is 35.5. The van der Waals surface area contributed by atoms with Crippen LogP contribution in [0.4, 0.5) is 5.82 Å². The molecule has 2 aromatic rings. The number of hydrogen-bond acceptors (Lipinski definition) is 5. The molecule has 0 amide bonds. The number of rotatable bonds is 5. The maximum Gasteiger partial charge on any atom is 0.263 e. The van der Waals surface area contributed by atoms with E-state index in [-0.39, 0.29) is 27.9 Å². The molecular formula is C14H12ClN3O3S. The summed E-state index contributed by atoms with van der Waals surface area (Å²) in [6, 6.07) is 9.61. The highest BCUT2D eigenvalue weighted by Gasteiger charge is 2.19. The molecule has 8 heteroatoms. The third-order valence-electron chi connectivity index (χ3n) is 2.78. The highest BCUT2D eigenvalue weighted by Crippen LogP contribution is 2.22. The molecule has 1 aromatic heterocycles. The molecule has 114 valence electrons. The fourth-order valence-corrected chi connectivity index (χ4v) is 3.19. The van der Waals surface area contributed by atoms with Crippen molar-refractivity contribution in [3.05, 3.63) is 52.7 Å². The van der Waals surface area contributed by atoms with Gasteiger partial charge in [0.1, 0.15) is 11.9 Å². The van der Waals surface area contributed by atoms with Crippen LogP contribution in [0.2, 0.25) is 5.02 Å². The van der Waals surface area contributed by atoms with Crippen LogP contribution in [-0.4, -0.2) is 20.5 Å². The van der Waals surface area contributed by atoms with Gasteiger partial charge in [-0.25, -0.2) is 13.4 Å². The summed E-state index contributed by atoms with van der Waals surface area (Å²) in [7, 11) is -2.37. The van der Waals surface area contributed by atoms with E-state index >= 15 is 0 Å². The number of methoxy groups -OCH3 is 1. The lowest BCUT2D eigenvalue weighted by Crippen LogP contribution is -2.16. The first kappa shape index (κ1) is 16.2. The quantitative estimate of drug-likeness (QED) is 0.905. The van der Waals surface area contributed by atoms with Gasteiger partial charge in [0.2, 0.25) is 0 Å². The van der Waals surface area contributed by atoms with Crippen LogP contribution < -0.4 is 4.72 Å². The summed E-state index contributed by atoms with van der Waals surface area (Å²) in [5.74, 6) is 0.0215. The van der Waals surface area contributed by atoms with Crippen molar-refractivity contribution in [2.45, 2.75) is 11.5 Å². The third-order valence-corrected chi connectivity index (χ3v) is 4.53. The van der Waals surface area contributed by atoms with Gasteiger partial charge >= 0.3 is 0 Å². The first-order chi connectivity index (χ1) is 10.5. The van der Waals surface area contributed by atoms with Crippen molar-refractivity contribution < 1.29 is 13.2 Å². The Kier molecular flexibility index (Phi) is 4.98. The zero-order valence-electron chi connectivity index (χ0n) is 11.6. The molecule has 2 rings (SSSR count). The number of ether oxygens (including phenoxy) is 1. The second-order valence-electron chi connectivity index (χ2n) is 4.31. The van der Waals surface area contributed by atoms with Gasteiger partial charge in [-0.15, -0.1) is 0 Å². The molecule has 0 radical (unpaired) electrons. The number of halogens is 1. The fourth-order valence-electron chi connectivity index (χ4n) is 1.81. The summed E-state index contributed by atoms with van der Waals surface area (Å²) in [4.78, 5) is 3.96. The summed E-state index contributed by atoms with van der Waals surface area (Å²) in [5, 5.41) is 9.07. The van der Waals surface area contributed by atoms with Gasteiger partial charge in [-0.05, 0) is 11.6 Å². The smallest absolute Gasteiger partial charge is 0.263 e. The fraction of sp³-hybridized carbons (Fsp3) is 0.143. The second-order valence-corrected chi connectivity index (χ2v) is 6.37. The molecule has 1 N–H and O–H groups in total. The van der Waals surface area contributed by atoms with Crippen LogP contribution in [0.3, 0.4) is 0 Å². The number of hydrogen-bond donors (Lipinski definition) is 1. The number of nitriles is 1. The maximum absolute atomic E-state index is 12.5. The van der Waals surface area contributed by atoms with Crippen LogP contribution in [0.15, 0.2) is 41.4 Å². The lowest BCUT2D eigenvalue weighted by Gasteiger charge is -2.11. The molecule has 0 aliphatic rings. The van der Waals surface area contributed by atoms with Crippen molar-refractivity contribution in [3.8, 4) is 6.07 Å². The van der Waals surface area contributed by atoms with E-state index < -0.39 is 10.0 Å². The van der Waals surface area contributed by atoms with Gasteiger partial charge in [0.25, 0.3) is 10.0 Å². The summed E-state index contributed by atoms with van der Waals surface area (Å²) >= 11 is 5.77. The Hall–Kier alpha value is -2.14. The van der Waals surface area contributed by atoms with E-state index in [1.54, 1.807) is 18.2 Å². The van der Waals surface area contributed by atoms with Gasteiger partial charge in [-0.2, -0.15) is 5.26 Å². The van der Waals surface area contributed by atoms with E-state index in [1.165, 1.54) is 25.4 Å². The minimum Gasteiger partial charge on any atom is -0.380 e. The largest absolute Gasteiger partial charge is 0.380 e. The number of nitrogens with zero attached hydrogens (tertiary/aromatic N) is 2. The summed E-state index contributed by atoms with van der Waals surface area (Å²) in [6.45, 7) is 0.161. The van der Waals surface area contributed by atoms with E-state index in [2.05, 4.69) is 9.71 Å². The summed E-state index contributed by atoms with van der Waals surface area (Å²) in [5.41, 5.74) is 0.659. The Morgan fingerprint density at radius 2 is 2.14 bits per heavy atom. The van der Waals surface area contributed by atoms with Gasteiger partial charge in [-0.3, -0.25) is 4.72 Å². The van der Waals surface area contributed by atoms with Gasteiger partial charge < -0.3 is 4.74 Å². The molecule has 0 unspecified atom stereocenters. The third kappa shape index (κ3) is 3.54. The van der Waals surface area contributed by atoms with Crippen molar-refractivity contribution in [2.75, 3.05) is 11.8 Å². The molecule has 6 nitrogen and oxygen atoms in total. The number of nitrogens with one attached hydrogen (secondary N) is 1. The lowest BCUT2D eigenvalue weighted by molar-refractivity contribution is 0.182.